The average Bonchev–Trinajstić information content (AvgIpc) is 2.17. The van der Waals surface area contributed by atoms with Gasteiger partial charge in [0.1, 0.15) is 6.07 Å². The van der Waals surface area contributed by atoms with E-state index in [0.717, 1.165) is 22.7 Å². The maximum atomic E-state index is 9.10. The fourth-order valence-electron chi connectivity index (χ4n) is 1.45. The molecule has 0 N–H and O–H groups in total. The van der Waals surface area contributed by atoms with E-state index in [0.29, 0.717) is 16.7 Å². The summed E-state index contributed by atoms with van der Waals surface area (Å²) in [6.45, 7) is 5.95. The molecule has 0 fully saturated rings. The molecule has 0 aliphatic heterocycles. The molecule has 2 nitrogen and oxygen atoms in total. The Morgan fingerprint density at radius 2 is 2.25 bits per heavy atom. The maximum Gasteiger partial charge on any atom is 0.102 e. The lowest BCUT2D eigenvalue weighted by Gasteiger charge is -2.12. The van der Waals surface area contributed by atoms with Crippen molar-refractivity contribution in [3.05, 3.63) is 23.0 Å². The van der Waals surface area contributed by atoms with Crippen molar-refractivity contribution in [3.63, 3.8) is 0 Å². The maximum absolute atomic E-state index is 9.10. The topological polar surface area (TPSA) is 36.7 Å². The van der Waals surface area contributed by atoms with Crippen molar-refractivity contribution in [2.24, 2.45) is 0 Å². The monoisotopic (exact) mass is 254 g/mol. The number of nitrogens with zero attached hydrogens (tertiary/aromatic N) is 2. The van der Waals surface area contributed by atoms with E-state index in [1.165, 1.54) is 0 Å². The Balaban J connectivity index is 2.99. The molecule has 0 bridgehead atoms. The van der Waals surface area contributed by atoms with Crippen LogP contribution in [-0.2, 0) is 0 Å². The Morgan fingerprint density at radius 1 is 1.56 bits per heavy atom. The van der Waals surface area contributed by atoms with Gasteiger partial charge in [-0.2, -0.15) is 5.26 Å². The van der Waals surface area contributed by atoms with Gasteiger partial charge in [0.25, 0.3) is 0 Å². The SMILES string of the molecule is Cc1cc(SC(C)CCCl)c(C#N)c(C)n1. The molecule has 1 heterocycles. The van der Waals surface area contributed by atoms with E-state index in [1.807, 2.05) is 19.9 Å². The van der Waals surface area contributed by atoms with Crippen LogP contribution in [0.5, 0.6) is 0 Å². The standard InChI is InChI=1S/C12H15ClN2S/c1-8-6-12(16-9(2)4-5-13)11(7-14)10(3)15-8/h6,9H,4-5H2,1-3H3. The van der Waals surface area contributed by atoms with Gasteiger partial charge in [0, 0.05) is 21.7 Å². The number of pyridine rings is 1. The van der Waals surface area contributed by atoms with Gasteiger partial charge < -0.3 is 0 Å². The van der Waals surface area contributed by atoms with E-state index >= 15 is 0 Å². The molecular weight excluding hydrogens is 240 g/mol. The zero-order chi connectivity index (χ0) is 12.1. The molecule has 1 aromatic heterocycles. The van der Waals surface area contributed by atoms with Crippen LogP contribution in [0.25, 0.3) is 0 Å². The predicted octanol–water partition coefficient (Wildman–Crippen LogP) is 3.68. The molecule has 0 saturated heterocycles. The first kappa shape index (κ1) is 13.3. The highest BCUT2D eigenvalue weighted by Gasteiger charge is 2.11. The second kappa shape index (κ2) is 6.12. The molecule has 1 atom stereocenters. The average molecular weight is 255 g/mol. The highest BCUT2D eigenvalue weighted by atomic mass is 35.5. The van der Waals surface area contributed by atoms with Gasteiger partial charge in [0.15, 0.2) is 0 Å². The summed E-state index contributed by atoms with van der Waals surface area (Å²) in [5.41, 5.74) is 2.46. The largest absolute Gasteiger partial charge is 0.257 e. The van der Waals surface area contributed by atoms with Crippen LogP contribution >= 0.6 is 23.4 Å². The summed E-state index contributed by atoms with van der Waals surface area (Å²) in [7, 11) is 0. The minimum absolute atomic E-state index is 0.422. The Kier molecular flexibility index (Phi) is 5.11. The van der Waals surface area contributed by atoms with Crippen LogP contribution in [-0.4, -0.2) is 16.1 Å². The number of nitriles is 1. The first-order chi connectivity index (χ1) is 7.58. The van der Waals surface area contributed by atoms with E-state index < -0.39 is 0 Å². The highest BCUT2D eigenvalue weighted by molar-refractivity contribution is 8.00. The molecule has 1 aromatic rings. The minimum Gasteiger partial charge on any atom is -0.257 e. The summed E-state index contributed by atoms with van der Waals surface area (Å²) in [6.07, 6.45) is 0.942. The van der Waals surface area contributed by atoms with E-state index in [9.17, 15) is 0 Å². The lowest BCUT2D eigenvalue weighted by atomic mass is 10.2. The van der Waals surface area contributed by atoms with Crippen LogP contribution in [0.3, 0.4) is 0 Å². The summed E-state index contributed by atoms with van der Waals surface area (Å²) < 4.78 is 0. The van der Waals surface area contributed by atoms with Crippen molar-refractivity contribution >= 4 is 23.4 Å². The number of aromatic nitrogens is 1. The fourth-order valence-corrected chi connectivity index (χ4v) is 3.13. The lowest BCUT2D eigenvalue weighted by Crippen LogP contribution is -2.00. The van der Waals surface area contributed by atoms with E-state index in [1.54, 1.807) is 11.8 Å². The quantitative estimate of drug-likeness (QED) is 0.608. The van der Waals surface area contributed by atoms with Gasteiger partial charge in [-0.15, -0.1) is 23.4 Å². The predicted molar refractivity (Wildman–Crippen MR) is 69.1 cm³/mol. The molecule has 0 radical (unpaired) electrons. The van der Waals surface area contributed by atoms with Crippen LogP contribution in [0.4, 0.5) is 0 Å². The Labute approximate surface area is 106 Å². The third-order valence-corrected chi connectivity index (χ3v) is 3.68. The fraction of sp³-hybridized carbons (Fsp3) is 0.500. The summed E-state index contributed by atoms with van der Waals surface area (Å²) in [4.78, 5) is 5.32. The first-order valence-electron chi connectivity index (χ1n) is 5.19. The van der Waals surface area contributed by atoms with Gasteiger partial charge in [-0.3, -0.25) is 4.98 Å². The molecule has 0 saturated carbocycles. The number of aryl methyl sites for hydroxylation is 2. The summed E-state index contributed by atoms with van der Waals surface area (Å²) in [6, 6.07) is 4.20. The van der Waals surface area contributed by atoms with Gasteiger partial charge in [0.05, 0.1) is 11.3 Å². The van der Waals surface area contributed by atoms with Crippen molar-refractivity contribution in [1.29, 1.82) is 5.26 Å². The molecule has 0 amide bonds. The number of rotatable bonds is 4. The highest BCUT2D eigenvalue weighted by Crippen LogP contribution is 2.30. The number of halogens is 1. The van der Waals surface area contributed by atoms with Crippen molar-refractivity contribution in [2.75, 3.05) is 5.88 Å². The molecule has 86 valence electrons. The zero-order valence-electron chi connectivity index (χ0n) is 9.75. The minimum atomic E-state index is 0.422. The van der Waals surface area contributed by atoms with E-state index in [4.69, 9.17) is 16.9 Å². The first-order valence-corrected chi connectivity index (χ1v) is 6.61. The van der Waals surface area contributed by atoms with Crippen LogP contribution in [0.15, 0.2) is 11.0 Å². The zero-order valence-corrected chi connectivity index (χ0v) is 11.3. The lowest BCUT2D eigenvalue weighted by molar-refractivity contribution is 0.910. The van der Waals surface area contributed by atoms with Crippen LogP contribution in [0, 0.1) is 25.2 Å². The summed E-state index contributed by atoms with van der Waals surface area (Å²) >= 11 is 7.41. The van der Waals surface area contributed by atoms with Crippen LogP contribution in [0.2, 0.25) is 0 Å². The molecule has 1 unspecified atom stereocenters. The van der Waals surface area contributed by atoms with Crippen molar-refractivity contribution in [1.82, 2.24) is 4.98 Å². The van der Waals surface area contributed by atoms with Crippen LogP contribution in [0.1, 0.15) is 30.3 Å². The molecule has 16 heavy (non-hydrogen) atoms. The molecule has 1 rings (SSSR count). The molecule has 0 spiro atoms. The van der Waals surface area contributed by atoms with Crippen LogP contribution < -0.4 is 0 Å². The van der Waals surface area contributed by atoms with E-state index in [-0.39, 0.29) is 0 Å². The Morgan fingerprint density at radius 3 is 2.81 bits per heavy atom. The van der Waals surface area contributed by atoms with Gasteiger partial charge in [-0.1, -0.05) is 6.92 Å². The molecular formula is C12H15ClN2S. The van der Waals surface area contributed by atoms with Gasteiger partial charge in [0.2, 0.25) is 0 Å². The van der Waals surface area contributed by atoms with Gasteiger partial charge in [-0.05, 0) is 26.3 Å². The van der Waals surface area contributed by atoms with Crippen molar-refractivity contribution in [3.8, 4) is 6.07 Å². The molecule has 4 heteroatoms. The number of thioether (sulfide) groups is 1. The molecule has 0 aliphatic carbocycles. The van der Waals surface area contributed by atoms with Gasteiger partial charge in [-0.25, -0.2) is 0 Å². The third kappa shape index (κ3) is 3.40. The summed E-state index contributed by atoms with van der Waals surface area (Å²) in [5.74, 6) is 0.652. The molecule has 0 aromatic carbocycles. The Bertz CT molecular complexity index is 412. The number of alkyl halides is 1. The van der Waals surface area contributed by atoms with E-state index in [2.05, 4.69) is 18.0 Å². The van der Waals surface area contributed by atoms with Crippen molar-refractivity contribution < 1.29 is 0 Å². The molecule has 0 aliphatic rings. The Hall–Kier alpha value is -0.720. The van der Waals surface area contributed by atoms with Crippen molar-refractivity contribution in [2.45, 2.75) is 37.3 Å². The normalized spacial score (nSPS) is 12.2. The smallest absolute Gasteiger partial charge is 0.102 e. The third-order valence-electron chi connectivity index (χ3n) is 2.25. The summed E-state index contributed by atoms with van der Waals surface area (Å²) in [5, 5.41) is 9.53. The second-order valence-electron chi connectivity index (χ2n) is 3.74. The second-order valence-corrected chi connectivity index (χ2v) is 5.60. The van der Waals surface area contributed by atoms with Gasteiger partial charge >= 0.3 is 0 Å². The number of hydrogen-bond acceptors (Lipinski definition) is 3. The number of hydrogen-bond donors (Lipinski definition) is 0.